The van der Waals surface area contributed by atoms with E-state index in [9.17, 15) is 19.8 Å². The molecule has 0 aromatic rings. The van der Waals surface area contributed by atoms with E-state index in [1.807, 2.05) is 6.92 Å². The summed E-state index contributed by atoms with van der Waals surface area (Å²) in [6, 6.07) is 0. The molecule has 0 aliphatic heterocycles. The first kappa shape index (κ1) is 20.9. The summed E-state index contributed by atoms with van der Waals surface area (Å²) in [7, 11) is 0. The van der Waals surface area contributed by atoms with Crippen LogP contribution in [0.1, 0.15) is 72.6 Å². The molecule has 9 atom stereocenters. The number of hydrogen-bond acceptors (Lipinski definition) is 4. The number of aliphatic hydroxyl groups is 1. The van der Waals surface area contributed by atoms with Gasteiger partial charge < -0.3 is 14.9 Å². The first-order chi connectivity index (χ1) is 13.6. The molecule has 4 aliphatic carbocycles. The van der Waals surface area contributed by atoms with Gasteiger partial charge in [0.05, 0.1) is 12.0 Å². The number of carbonyl (C=O) groups is 2. The molecule has 0 aromatic carbocycles. The number of aliphatic hydroxyl groups excluding tert-OH is 1. The van der Waals surface area contributed by atoms with Crippen molar-refractivity contribution in [2.45, 2.75) is 84.8 Å². The Kier molecular flexibility index (Phi) is 5.12. The summed E-state index contributed by atoms with van der Waals surface area (Å²) < 4.78 is 5.46. The lowest BCUT2D eigenvalue weighted by molar-refractivity contribution is -0.154. The smallest absolute Gasteiger partial charge is 0.306 e. The van der Waals surface area contributed by atoms with Gasteiger partial charge in [0.25, 0.3) is 0 Å². The van der Waals surface area contributed by atoms with E-state index in [1.165, 1.54) is 12.5 Å². The SMILES string of the molecule is CC(=O)OC1C=C2CCC3C(C(O)CC4(C)C(C(C)C(=O)O)CCC34)C2(C)CC1. The molecule has 0 heterocycles. The average Bonchev–Trinajstić information content (AvgIpc) is 2.97. The van der Waals surface area contributed by atoms with Crippen LogP contribution < -0.4 is 0 Å². The van der Waals surface area contributed by atoms with Crippen molar-refractivity contribution in [3.63, 3.8) is 0 Å². The van der Waals surface area contributed by atoms with Gasteiger partial charge in [0.2, 0.25) is 0 Å². The second kappa shape index (κ2) is 7.11. The lowest BCUT2D eigenvalue weighted by Gasteiger charge is -2.60. The van der Waals surface area contributed by atoms with Crippen LogP contribution in [0.4, 0.5) is 0 Å². The van der Waals surface area contributed by atoms with Crippen molar-refractivity contribution >= 4 is 11.9 Å². The number of hydrogen-bond donors (Lipinski definition) is 2. The minimum absolute atomic E-state index is 0.0448. The molecular formula is C24H36O5. The third-order valence-corrected chi connectivity index (χ3v) is 9.39. The van der Waals surface area contributed by atoms with E-state index in [1.54, 1.807) is 0 Å². The number of allylic oxidation sites excluding steroid dienone is 1. The third-order valence-electron chi connectivity index (χ3n) is 9.39. The Balaban J connectivity index is 1.63. The van der Waals surface area contributed by atoms with Crippen molar-refractivity contribution in [3.8, 4) is 0 Å². The fourth-order valence-corrected chi connectivity index (χ4v) is 8.16. The minimum Gasteiger partial charge on any atom is -0.481 e. The zero-order valence-corrected chi connectivity index (χ0v) is 18.2. The van der Waals surface area contributed by atoms with Crippen LogP contribution in [0.2, 0.25) is 0 Å². The summed E-state index contributed by atoms with van der Waals surface area (Å²) in [4.78, 5) is 23.1. The topological polar surface area (TPSA) is 83.8 Å². The van der Waals surface area contributed by atoms with Crippen molar-refractivity contribution < 1.29 is 24.5 Å². The Morgan fingerprint density at radius 1 is 1.21 bits per heavy atom. The molecule has 3 fully saturated rings. The first-order valence-electron chi connectivity index (χ1n) is 11.4. The molecule has 5 heteroatoms. The highest BCUT2D eigenvalue weighted by molar-refractivity contribution is 5.70. The number of esters is 1. The summed E-state index contributed by atoms with van der Waals surface area (Å²) in [5, 5.41) is 21.0. The monoisotopic (exact) mass is 404 g/mol. The Labute approximate surface area is 173 Å². The zero-order chi connectivity index (χ0) is 21.1. The summed E-state index contributed by atoms with van der Waals surface area (Å²) >= 11 is 0. The molecule has 0 spiro atoms. The van der Waals surface area contributed by atoms with E-state index in [-0.39, 0.29) is 40.7 Å². The number of rotatable bonds is 3. The molecule has 5 nitrogen and oxygen atoms in total. The van der Waals surface area contributed by atoms with E-state index >= 15 is 0 Å². The van der Waals surface area contributed by atoms with E-state index in [2.05, 4.69) is 19.9 Å². The maximum absolute atomic E-state index is 11.7. The highest BCUT2D eigenvalue weighted by Gasteiger charge is 2.62. The van der Waals surface area contributed by atoms with Crippen LogP contribution in [0, 0.1) is 40.4 Å². The molecular weight excluding hydrogens is 368 g/mol. The maximum Gasteiger partial charge on any atom is 0.306 e. The number of carboxylic acid groups (broad SMARTS) is 1. The van der Waals surface area contributed by atoms with Gasteiger partial charge in [-0.3, -0.25) is 9.59 Å². The number of carbonyl (C=O) groups excluding carboxylic acids is 1. The Morgan fingerprint density at radius 2 is 1.93 bits per heavy atom. The van der Waals surface area contributed by atoms with Gasteiger partial charge in [-0.2, -0.15) is 0 Å². The molecule has 0 saturated heterocycles. The predicted molar refractivity (Wildman–Crippen MR) is 109 cm³/mol. The summed E-state index contributed by atoms with van der Waals surface area (Å²) in [6.07, 6.45) is 8.16. The lowest BCUT2D eigenvalue weighted by Crippen LogP contribution is -2.57. The molecule has 9 unspecified atom stereocenters. The van der Waals surface area contributed by atoms with Crippen LogP contribution >= 0.6 is 0 Å². The van der Waals surface area contributed by atoms with E-state index in [0.717, 1.165) is 38.5 Å². The Hall–Kier alpha value is -1.36. The van der Waals surface area contributed by atoms with Crippen molar-refractivity contribution in [2.75, 3.05) is 0 Å². The number of ether oxygens (including phenoxy) is 1. The number of aliphatic carboxylic acids is 1. The van der Waals surface area contributed by atoms with Crippen LogP contribution in [0.25, 0.3) is 0 Å². The largest absolute Gasteiger partial charge is 0.481 e. The summed E-state index contributed by atoms with van der Waals surface area (Å²) in [5.41, 5.74) is 1.22. The van der Waals surface area contributed by atoms with E-state index < -0.39 is 12.1 Å². The number of fused-ring (bicyclic) bond motifs is 5. The summed E-state index contributed by atoms with van der Waals surface area (Å²) in [6.45, 7) is 7.86. The van der Waals surface area contributed by atoms with Gasteiger partial charge in [-0.05, 0) is 85.5 Å². The molecule has 0 amide bonds. The molecule has 3 saturated carbocycles. The molecule has 29 heavy (non-hydrogen) atoms. The molecule has 0 radical (unpaired) electrons. The van der Waals surface area contributed by atoms with Crippen LogP contribution in [0.5, 0.6) is 0 Å². The fourth-order valence-electron chi connectivity index (χ4n) is 8.16. The molecule has 4 rings (SSSR count). The number of carboxylic acids is 1. The van der Waals surface area contributed by atoms with E-state index in [4.69, 9.17) is 4.74 Å². The Morgan fingerprint density at radius 3 is 2.59 bits per heavy atom. The van der Waals surface area contributed by atoms with Gasteiger partial charge >= 0.3 is 11.9 Å². The first-order valence-corrected chi connectivity index (χ1v) is 11.4. The Bertz CT molecular complexity index is 729. The molecule has 2 N–H and O–H groups in total. The maximum atomic E-state index is 11.7. The normalized spacial score (nSPS) is 47.3. The second-order valence-corrected chi connectivity index (χ2v) is 10.7. The average molecular weight is 405 g/mol. The van der Waals surface area contributed by atoms with Crippen LogP contribution in [-0.4, -0.2) is 34.4 Å². The molecule has 0 bridgehead atoms. The highest BCUT2D eigenvalue weighted by Crippen LogP contribution is 2.67. The second-order valence-electron chi connectivity index (χ2n) is 10.7. The van der Waals surface area contributed by atoms with Crippen molar-refractivity contribution in [3.05, 3.63) is 11.6 Å². The quantitative estimate of drug-likeness (QED) is 0.544. The summed E-state index contributed by atoms with van der Waals surface area (Å²) in [5.74, 6) is 0.0000352. The van der Waals surface area contributed by atoms with Gasteiger partial charge in [0.1, 0.15) is 6.10 Å². The van der Waals surface area contributed by atoms with Gasteiger partial charge in [-0.15, -0.1) is 0 Å². The van der Waals surface area contributed by atoms with Gasteiger partial charge in [-0.1, -0.05) is 26.3 Å². The van der Waals surface area contributed by atoms with Gasteiger partial charge in [-0.25, -0.2) is 0 Å². The van der Waals surface area contributed by atoms with Gasteiger partial charge in [0.15, 0.2) is 0 Å². The molecule has 0 aromatic heterocycles. The van der Waals surface area contributed by atoms with Crippen molar-refractivity contribution in [1.82, 2.24) is 0 Å². The standard InChI is InChI=1S/C24H36O5/c1-13(22(27)28)18-7-8-19-17-6-5-15-11-16(29-14(2)25)9-10-23(15,3)21(17)20(26)12-24(18,19)4/h11,13,16-21,26H,5-10,12H2,1-4H3,(H,27,28). The third kappa shape index (κ3) is 3.15. The molecule has 4 aliphatic rings. The van der Waals surface area contributed by atoms with E-state index in [0.29, 0.717) is 18.3 Å². The fraction of sp³-hybridized carbons (Fsp3) is 0.833. The van der Waals surface area contributed by atoms with Crippen LogP contribution in [0.15, 0.2) is 11.6 Å². The highest BCUT2D eigenvalue weighted by atomic mass is 16.5. The van der Waals surface area contributed by atoms with Crippen molar-refractivity contribution in [2.24, 2.45) is 40.4 Å². The lowest BCUT2D eigenvalue weighted by atomic mass is 9.45. The molecule has 162 valence electrons. The minimum atomic E-state index is -0.710. The zero-order valence-electron chi connectivity index (χ0n) is 18.2. The van der Waals surface area contributed by atoms with Gasteiger partial charge in [0, 0.05) is 6.92 Å². The van der Waals surface area contributed by atoms with Crippen LogP contribution in [-0.2, 0) is 14.3 Å². The predicted octanol–water partition coefficient (Wildman–Crippen LogP) is 4.19. The van der Waals surface area contributed by atoms with Crippen LogP contribution in [0.3, 0.4) is 0 Å². The van der Waals surface area contributed by atoms with Crippen molar-refractivity contribution in [1.29, 1.82) is 0 Å².